The third-order valence-electron chi connectivity index (χ3n) is 6.35. The number of nitrogens with zero attached hydrogens (tertiary/aromatic N) is 2. The van der Waals surface area contributed by atoms with Gasteiger partial charge in [0.15, 0.2) is 5.13 Å². The lowest BCUT2D eigenvalue weighted by molar-refractivity contribution is -0.177. The summed E-state index contributed by atoms with van der Waals surface area (Å²) in [6, 6.07) is 0. The van der Waals surface area contributed by atoms with Crippen LogP contribution >= 0.6 is 11.3 Å². The summed E-state index contributed by atoms with van der Waals surface area (Å²) in [5, 5.41) is 13.2. The molecule has 0 saturated heterocycles. The largest absolute Gasteiger partial charge is 0.459 e. The highest BCUT2D eigenvalue weighted by atomic mass is 32.1. The fourth-order valence-corrected chi connectivity index (χ4v) is 6.59. The number of carbonyl (C=O) groups excluding carboxylic acids is 2. The summed E-state index contributed by atoms with van der Waals surface area (Å²) in [6.45, 7) is 1.62. The maximum absolute atomic E-state index is 12.5. The first-order chi connectivity index (χ1) is 12.3. The third kappa shape index (κ3) is 3.39. The van der Waals surface area contributed by atoms with Gasteiger partial charge < -0.3 is 9.84 Å². The highest BCUT2D eigenvalue weighted by Gasteiger charge is 2.57. The molecule has 0 radical (unpaired) electrons. The van der Waals surface area contributed by atoms with Gasteiger partial charge in [-0.2, -0.15) is 0 Å². The molecule has 4 bridgehead atoms. The van der Waals surface area contributed by atoms with Gasteiger partial charge in [0.05, 0.1) is 17.7 Å². The topological polar surface area (TPSA) is 79.7 Å². The Balaban J connectivity index is 1.34. The zero-order valence-electron chi connectivity index (χ0n) is 15.4. The number of aliphatic hydroxyl groups is 1. The van der Waals surface area contributed by atoms with E-state index in [-0.39, 0.29) is 23.9 Å². The van der Waals surface area contributed by atoms with Crippen molar-refractivity contribution in [2.45, 2.75) is 64.1 Å². The smallest absolute Gasteiger partial charge is 0.306 e. The Labute approximate surface area is 157 Å². The van der Waals surface area contributed by atoms with E-state index in [1.54, 1.807) is 7.05 Å². The first-order valence-corrected chi connectivity index (χ1v) is 10.2. The second-order valence-corrected chi connectivity index (χ2v) is 9.56. The van der Waals surface area contributed by atoms with Crippen molar-refractivity contribution >= 4 is 28.3 Å². The van der Waals surface area contributed by atoms with Gasteiger partial charge in [-0.1, -0.05) is 0 Å². The first-order valence-electron chi connectivity index (χ1n) is 9.33. The lowest BCUT2D eigenvalue weighted by atomic mass is 9.47. The molecule has 4 saturated carbocycles. The van der Waals surface area contributed by atoms with Crippen LogP contribution in [0.25, 0.3) is 0 Å². The quantitative estimate of drug-likeness (QED) is 0.797. The number of rotatable bonds is 5. The molecule has 1 aromatic heterocycles. The molecular formula is C19H26N2O4S. The summed E-state index contributed by atoms with van der Waals surface area (Å²) >= 11 is 1.36. The highest BCUT2D eigenvalue weighted by molar-refractivity contribution is 7.14. The fraction of sp³-hybridized carbons (Fsp3) is 0.737. The van der Waals surface area contributed by atoms with Crippen LogP contribution in [0.4, 0.5) is 5.13 Å². The van der Waals surface area contributed by atoms with Crippen LogP contribution in [0, 0.1) is 17.3 Å². The van der Waals surface area contributed by atoms with Gasteiger partial charge in [-0.25, -0.2) is 4.98 Å². The van der Waals surface area contributed by atoms with E-state index in [1.807, 2.05) is 5.38 Å². The van der Waals surface area contributed by atoms with E-state index in [1.165, 1.54) is 29.6 Å². The average molecular weight is 378 g/mol. The van der Waals surface area contributed by atoms with Gasteiger partial charge in [0.2, 0.25) is 5.91 Å². The molecule has 26 heavy (non-hydrogen) atoms. The lowest BCUT2D eigenvalue weighted by Gasteiger charge is -2.60. The van der Waals surface area contributed by atoms with Gasteiger partial charge >= 0.3 is 5.97 Å². The summed E-state index contributed by atoms with van der Waals surface area (Å²) < 4.78 is 5.47. The second-order valence-electron chi connectivity index (χ2n) is 8.72. The van der Waals surface area contributed by atoms with Gasteiger partial charge in [0.25, 0.3) is 0 Å². The number of carbonyl (C=O) groups is 2. The summed E-state index contributed by atoms with van der Waals surface area (Å²) in [4.78, 5) is 29.7. The van der Waals surface area contributed by atoms with Gasteiger partial charge in [-0.05, 0) is 55.8 Å². The van der Waals surface area contributed by atoms with Crippen molar-refractivity contribution in [3.63, 3.8) is 0 Å². The Kier molecular flexibility index (Phi) is 4.34. The van der Waals surface area contributed by atoms with Crippen LogP contribution in [0.15, 0.2) is 5.38 Å². The van der Waals surface area contributed by atoms with E-state index >= 15 is 0 Å². The Morgan fingerprint density at radius 2 is 2.04 bits per heavy atom. The average Bonchev–Trinajstić information content (AvgIpc) is 2.98. The summed E-state index contributed by atoms with van der Waals surface area (Å²) in [5.41, 5.74) is 0.0410. The van der Waals surface area contributed by atoms with Crippen LogP contribution < -0.4 is 4.90 Å². The van der Waals surface area contributed by atoms with Crippen molar-refractivity contribution in [3.8, 4) is 0 Å². The van der Waals surface area contributed by atoms with E-state index in [0.29, 0.717) is 29.1 Å². The zero-order chi connectivity index (χ0) is 18.5. The number of ether oxygens (including phenoxy) is 1. The lowest BCUT2D eigenvalue weighted by Crippen LogP contribution is -2.56. The molecule has 6 nitrogen and oxygen atoms in total. The van der Waals surface area contributed by atoms with Crippen LogP contribution in [-0.2, 0) is 20.9 Å². The minimum atomic E-state index is -0.550. The summed E-state index contributed by atoms with van der Waals surface area (Å²) in [6.07, 6.45) is 6.26. The van der Waals surface area contributed by atoms with Gasteiger partial charge in [0.1, 0.15) is 6.61 Å². The molecule has 1 heterocycles. The molecule has 0 aliphatic heterocycles. The third-order valence-corrected chi connectivity index (χ3v) is 7.32. The molecule has 2 atom stereocenters. The molecule has 4 aliphatic rings. The predicted molar refractivity (Wildman–Crippen MR) is 97.7 cm³/mol. The molecular weight excluding hydrogens is 352 g/mol. The summed E-state index contributed by atoms with van der Waals surface area (Å²) in [5.74, 6) is 0.849. The predicted octanol–water partition coefficient (Wildman–Crippen LogP) is 2.89. The molecule has 1 aromatic rings. The van der Waals surface area contributed by atoms with E-state index in [4.69, 9.17) is 4.74 Å². The van der Waals surface area contributed by atoms with Crippen molar-refractivity contribution < 1.29 is 19.4 Å². The van der Waals surface area contributed by atoms with Crippen molar-refractivity contribution in [3.05, 3.63) is 11.1 Å². The maximum atomic E-state index is 12.5. The van der Waals surface area contributed by atoms with E-state index in [0.717, 1.165) is 32.1 Å². The normalized spacial score (nSPS) is 34.7. The highest BCUT2D eigenvalue weighted by Crippen LogP contribution is 2.62. The fourth-order valence-electron chi connectivity index (χ4n) is 5.77. The number of hydrogen-bond donors (Lipinski definition) is 1. The van der Waals surface area contributed by atoms with Gasteiger partial charge in [0, 0.05) is 19.4 Å². The standard InChI is InChI=1S/C19H26N2O4S/c1-12(22)21(2)17-20-15(10-26-17)9-25-16(23)8-18-4-13-3-14(5-18)7-19(24,6-13)11-18/h10,13-14,24H,3-9,11H2,1-2H3/t13-,14-,18?,19?/m1/s1. The molecule has 4 aliphatic carbocycles. The first kappa shape index (κ1) is 17.9. The van der Waals surface area contributed by atoms with E-state index < -0.39 is 5.60 Å². The maximum Gasteiger partial charge on any atom is 0.306 e. The minimum Gasteiger partial charge on any atom is -0.459 e. The Bertz CT molecular complexity index is 717. The van der Waals surface area contributed by atoms with Crippen molar-refractivity contribution in [2.75, 3.05) is 11.9 Å². The molecule has 5 rings (SSSR count). The molecule has 1 amide bonds. The van der Waals surface area contributed by atoms with Crippen LogP contribution in [0.5, 0.6) is 0 Å². The monoisotopic (exact) mass is 378 g/mol. The molecule has 4 fully saturated rings. The van der Waals surface area contributed by atoms with Crippen LogP contribution in [0.2, 0.25) is 0 Å². The number of thiazole rings is 1. The molecule has 0 spiro atoms. The number of hydrogen-bond acceptors (Lipinski definition) is 6. The van der Waals surface area contributed by atoms with Crippen molar-refractivity contribution in [1.82, 2.24) is 4.98 Å². The van der Waals surface area contributed by atoms with Crippen molar-refractivity contribution in [2.24, 2.45) is 17.3 Å². The van der Waals surface area contributed by atoms with E-state index in [9.17, 15) is 14.7 Å². The Morgan fingerprint density at radius 3 is 2.65 bits per heavy atom. The molecule has 0 unspecified atom stereocenters. The van der Waals surface area contributed by atoms with Crippen LogP contribution in [0.3, 0.4) is 0 Å². The molecule has 0 aromatic carbocycles. The van der Waals surface area contributed by atoms with Gasteiger partial charge in [-0.15, -0.1) is 11.3 Å². The molecule has 142 valence electrons. The number of esters is 1. The van der Waals surface area contributed by atoms with Crippen LogP contribution in [0.1, 0.15) is 57.6 Å². The summed E-state index contributed by atoms with van der Waals surface area (Å²) in [7, 11) is 1.68. The van der Waals surface area contributed by atoms with Gasteiger partial charge in [-0.3, -0.25) is 14.5 Å². The molecule has 1 N–H and O–H groups in total. The van der Waals surface area contributed by atoms with Crippen LogP contribution in [-0.4, -0.2) is 34.6 Å². The SMILES string of the molecule is CC(=O)N(C)c1nc(COC(=O)CC23C[C@H]4C[C@@H](CC(O)(C4)C2)C3)cs1. The second kappa shape index (κ2) is 6.30. The zero-order valence-corrected chi connectivity index (χ0v) is 16.2. The number of amides is 1. The Morgan fingerprint density at radius 1 is 1.35 bits per heavy atom. The Hall–Kier alpha value is -1.47. The van der Waals surface area contributed by atoms with Crippen molar-refractivity contribution in [1.29, 1.82) is 0 Å². The minimum absolute atomic E-state index is 0.0714. The number of aromatic nitrogens is 1. The number of anilines is 1. The molecule has 7 heteroatoms. The van der Waals surface area contributed by atoms with E-state index in [2.05, 4.69) is 4.98 Å².